The van der Waals surface area contributed by atoms with Crippen LogP contribution in [0.3, 0.4) is 0 Å². The van der Waals surface area contributed by atoms with E-state index in [0.717, 1.165) is 79.8 Å². The minimum atomic E-state index is -0.0340. The van der Waals surface area contributed by atoms with Crippen molar-refractivity contribution >= 4 is 38.4 Å². The van der Waals surface area contributed by atoms with Gasteiger partial charge in [-0.3, -0.25) is 9.69 Å². The number of nitrogens with zero attached hydrogens (tertiary/aromatic N) is 5. The van der Waals surface area contributed by atoms with Crippen molar-refractivity contribution in [2.24, 2.45) is 5.92 Å². The van der Waals surface area contributed by atoms with E-state index in [9.17, 15) is 4.79 Å². The van der Waals surface area contributed by atoms with Gasteiger partial charge in [-0.05, 0) is 49.2 Å². The number of pyridine rings is 1. The largest absolute Gasteiger partial charge is 0.347 e. The molecule has 2 aliphatic heterocycles. The number of carbonyl (C=O) groups is 1. The molecule has 2 saturated heterocycles. The van der Waals surface area contributed by atoms with Crippen molar-refractivity contribution in [2.45, 2.75) is 26.3 Å². The van der Waals surface area contributed by atoms with E-state index in [0.29, 0.717) is 6.54 Å². The van der Waals surface area contributed by atoms with E-state index in [1.807, 2.05) is 24.3 Å². The minimum absolute atomic E-state index is 0.0340. The number of amides is 1. The van der Waals surface area contributed by atoms with Crippen molar-refractivity contribution in [1.29, 1.82) is 0 Å². The van der Waals surface area contributed by atoms with Crippen LogP contribution >= 0.6 is 11.3 Å². The molecule has 1 atom stereocenters. The Labute approximate surface area is 199 Å². The molecule has 2 fully saturated rings. The first-order chi connectivity index (χ1) is 16.2. The lowest BCUT2D eigenvalue weighted by Crippen LogP contribution is -2.45. The number of rotatable bonds is 6. The van der Waals surface area contributed by atoms with Gasteiger partial charge in [0.25, 0.3) is 0 Å². The van der Waals surface area contributed by atoms with Crippen LogP contribution in [-0.2, 0) is 11.3 Å². The molecule has 0 saturated carbocycles. The number of piperidine rings is 1. The highest BCUT2D eigenvalue weighted by Gasteiger charge is 2.27. The number of thiazole rings is 1. The van der Waals surface area contributed by atoms with Crippen LogP contribution in [-0.4, -0.2) is 71.5 Å². The maximum Gasteiger partial charge on any atom is 0.229 e. The summed E-state index contributed by atoms with van der Waals surface area (Å²) in [6, 6.07) is 12.3. The molecule has 0 spiro atoms. The van der Waals surface area contributed by atoms with Crippen LogP contribution in [0.2, 0.25) is 0 Å². The summed E-state index contributed by atoms with van der Waals surface area (Å²) >= 11 is 1.60. The molecule has 33 heavy (non-hydrogen) atoms. The minimum Gasteiger partial charge on any atom is -0.347 e. The number of likely N-dealkylation sites (N-methyl/N-ethyl adjacent to an activating group) is 1. The van der Waals surface area contributed by atoms with Crippen LogP contribution in [0.4, 0.5) is 10.8 Å². The molecule has 1 unspecified atom stereocenters. The first-order valence-electron chi connectivity index (χ1n) is 12.0. The maximum absolute atomic E-state index is 13.0. The van der Waals surface area contributed by atoms with Crippen molar-refractivity contribution in [3.8, 4) is 0 Å². The zero-order chi connectivity index (χ0) is 22.6. The highest BCUT2D eigenvalue weighted by Crippen LogP contribution is 2.30. The summed E-state index contributed by atoms with van der Waals surface area (Å²) in [5.41, 5.74) is 3.10. The Morgan fingerprint density at radius 2 is 1.88 bits per heavy atom. The molecule has 0 bridgehead atoms. The molecule has 0 aliphatic carbocycles. The maximum atomic E-state index is 13.0. The first kappa shape index (κ1) is 22.3. The van der Waals surface area contributed by atoms with Gasteiger partial charge in [-0.2, -0.15) is 0 Å². The number of hydrogen-bond acceptors (Lipinski definition) is 7. The number of anilines is 2. The lowest BCUT2D eigenvalue weighted by molar-refractivity contribution is -0.120. The van der Waals surface area contributed by atoms with Crippen molar-refractivity contribution in [3.63, 3.8) is 0 Å². The van der Waals surface area contributed by atoms with Gasteiger partial charge in [-0.25, -0.2) is 9.97 Å². The number of hydrogen-bond donors (Lipinski definition) is 1. The van der Waals surface area contributed by atoms with Crippen LogP contribution in [0.25, 0.3) is 10.3 Å². The summed E-state index contributed by atoms with van der Waals surface area (Å²) in [5.74, 6) is 0.0654. The molecule has 3 aromatic rings. The second-order valence-corrected chi connectivity index (χ2v) is 9.96. The Hall–Kier alpha value is -2.55. The zero-order valence-corrected chi connectivity index (χ0v) is 20.1. The molecule has 174 valence electrons. The van der Waals surface area contributed by atoms with E-state index >= 15 is 0 Å². The standard InChI is InChI=1S/C25H32N6OS/c1-2-29-13-15-30(16-14-29)17-19-7-9-21(10-8-19)27-23(32)20-5-4-12-31(18-20)25-28-22-6-3-11-26-24(22)33-25/h3,6-11,20H,2,4-5,12-18H2,1H3,(H,27,32). The van der Waals surface area contributed by atoms with Crippen LogP contribution in [0.1, 0.15) is 25.3 Å². The smallest absolute Gasteiger partial charge is 0.229 e. The van der Waals surface area contributed by atoms with E-state index in [2.05, 4.69) is 44.1 Å². The highest BCUT2D eigenvalue weighted by molar-refractivity contribution is 7.21. The lowest BCUT2D eigenvalue weighted by atomic mass is 9.97. The molecular formula is C25H32N6OS. The van der Waals surface area contributed by atoms with Crippen molar-refractivity contribution < 1.29 is 4.79 Å². The summed E-state index contributed by atoms with van der Waals surface area (Å²) in [4.78, 5) is 30.3. The summed E-state index contributed by atoms with van der Waals surface area (Å²) in [6.45, 7) is 10.5. The predicted molar refractivity (Wildman–Crippen MR) is 135 cm³/mol. The normalized spacial score (nSPS) is 20.3. The topological polar surface area (TPSA) is 64.6 Å². The van der Waals surface area contributed by atoms with Gasteiger partial charge in [-0.1, -0.05) is 30.4 Å². The number of fused-ring (bicyclic) bond motifs is 1. The SMILES string of the molecule is CCN1CCN(Cc2ccc(NC(=O)C3CCCN(c4nc5cccnc5s4)C3)cc2)CC1. The third-order valence-corrected chi connectivity index (χ3v) is 7.80. The Morgan fingerprint density at radius 3 is 2.64 bits per heavy atom. The van der Waals surface area contributed by atoms with Crippen LogP contribution in [0.15, 0.2) is 42.6 Å². The first-order valence-corrected chi connectivity index (χ1v) is 12.8. The van der Waals surface area contributed by atoms with E-state index in [1.165, 1.54) is 5.56 Å². The number of nitrogens with one attached hydrogen (secondary N) is 1. The quantitative estimate of drug-likeness (QED) is 0.600. The Balaban J connectivity index is 1.15. The van der Waals surface area contributed by atoms with Gasteiger partial charge in [0.05, 0.1) is 5.92 Å². The second-order valence-electron chi connectivity index (χ2n) is 9.01. The van der Waals surface area contributed by atoms with Gasteiger partial charge in [0.15, 0.2) is 5.13 Å². The fourth-order valence-electron chi connectivity index (χ4n) is 4.72. The monoisotopic (exact) mass is 464 g/mol. The summed E-state index contributed by atoms with van der Waals surface area (Å²) in [6.07, 6.45) is 3.70. The Morgan fingerprint density at radius 1 is 1.09 bits per heavy atom. The molecule has 8 heteroatoms. The summed E-state index contributed by atoms with van der Waals surface area (Å²) in [7, 11) is 0. The average Bonchev–Trinajstić information content (AvgIpc) is 3.30. The van der Waals surface area contributed by atoms with E-state index in [1.54, 1.807) is 17.5 Å². The number of aromatic nitrogens is 2. The summed E-state index contributed by atoms with van der Waals surface area (Å²) < 4.78 is 0. The van der Waals surface area contributed by atoms with Gasteiger partial charge in [-0.15, -0.1) is 0 Å². The molecule has 0 radical (unpaired) electrons. The van der Waals surface area contributed by atoms with Gasteiger partial charge in [0, 0.05) is 57.7 Å². The second kappa shape index (κ2) is 10.2. The Bertz CT molecular complexity index is 1040. The number of piperazine rings is 1. The molecule has 7 nitrogen and oxygen atoms in total. The third-order valence-electron chi connectivity index (χ3n) is 6.76. The molecule has 1 N–H and O–H groups in total. The molecular weight excluding hydrogens is 432 g/mol. The molecule has 4 heterocycles. The Kier molecular flexibility index (Phi) is 6.85. The van der Waals surface area contributed by atoms with Gasteiger partial charge >= 0.3 is 0 Å². The van der Waals surface area contributed by atoms with Gasteiger partial charge in [0.1, 0.15) is 10.3 Å². The molecule has 1 aromatic carbocycles. The van der Waals surface area contributed by atoms with Gasteiger partial charge < -0.3 is 15.1 Å². The predicted octanol–water partition coefficient (Wildman–Crippen LogP) is 3.68. The molecule has 2 aliphatic rings. The highest BCUT2D eigenvalue weighted by atomic mass is 32.1. The van der Waals surface area contributed by atoms with Crippen LogP contribution in [0, 0.1) is 5.92 Å². The van der Waals surface area contributed by atoms with Gasteiger partial charge in [0.2, 0.25) is 5.91 Å². The van der Waals surface area contributed by atoms with Crippen molar-refractivity contribution in [2.75, 3.05) is 56.0 Å². The van der Waals surface area contributed by atoms with E-state index in [4.69, 9.17) is 4.98 Å². The fourth-order valence-corrected chi connectivity index (χ4v) is 5.66. The van der Waals surface area contributed by atoms with Crippen LogP contribution in [0.5, 0.6) is 0 Å². The van der Waals surface area contributed by atoms with E-state index in [-0.39, 0.29) is 11.8 Å². The molecule has 5 rings (SSSR count). The van der Waals surface area contributed by atoms with Crippen molar-refractivity contribution in [1.82, 2.24) is 19.8 Å². The lowest BCUT2D eigenvalue weighted by Gasteiger charge is -2.34. The molecule has 2 aromatic heterocycles. The number of benzene rings is 1. The molecule has 1 amide bonds. The average molecular weight is 465 g/mol. The van der Waals surface area contributed by atoms with Crippen molar-refractivity contribution in [3.05, 3.63) is 48.2 Å². The third kappa shape index (κ3) is 5.34. The fraction of sp³-hybridized carbons (Fsp3) is 0.480. The van der Waals surface area contributed by atoms with Crippen LogP contribution < -0.4 is 10.2 Å². The zero-order valence-electron chi connectivity index (χ0n) is 19.2. The summed E-state index contributed by atoms with van der Waals surface area (Å²) in [5, 5.41) is 4.10. The number of carbonyl (C=O) groups excluding carboxylic acids is 1. The van der Waals surface area contributed by atoms with E-state index < -0.39 is 0 Å².